The highest BCUT2D eigenvalue weighted by Crippen LogP contribution is 2.29. The number of ether oxygens (including phenoxy) is 1. The van der Waals surface area contributed by atoms with Crippen LogP contribution >= 0.6 is 15.9 Å². The number of alkyl halides is 1. The first kappa shape index (κ1) is 23.6. The molecule has 1 atom stereocenters. The number of halogens is 1. The van der Waals surface area contributed by atoms with Crippen LogP contribution in [0.15, 0.2) is 42.5 Å². The van der Waals surface area contributed by atoms with Crippen molar-refractivity contribution in [3.8, 4) is 5.75 Å². The van der Waals surface area contributed by atoms with Gasteiger partial charge < -0.3 is 15.2 Å². The lowest BCUT2D eigenvalue weighted by atomic mass is 10.0. The molecule has 0 aliphatic rings. The number of hydrogen-bond acceptors (Lipinski definition) is 4. The number of nitrogens with one attached hydrogen (secondary N) is 1. The summed E-state index contributed by atoms with van der Waals surface area (Å²) < 4.78 is 5.60. The number of Topliss-reactive ketones (excluding diaryl/α,β-unsaturated/α-hetero) is 1. The predicted octanol–water partition coefficient (Wildman–Crippen LogP) is 4.33. The molecule has 0 spiro atoms. The highest BCUT2D eigenvalue weighted by molar-refractivity contribution is 9.09. The number of carbonyl (C=O) groups is 2. The van der Waals surface area contributed by atoms with Crippen LogP contribution in [-0.4, -0.2) is 40.9 Å². The fraction of sp³-hybridized carbons (Fsp3) is 0.348. The number of nitrogens with zero attached hydrogens (tertiary/aromatic N) is 1. The summed E-state index contributed by atoms with van der Waals surface area (Å²) >= 11 is 3.16. The van der Waals surface area contributed by atoms with Gasteiger partial charge in [-0.25, -0.2) is 4.85 Å². The average molecular weight is 473 g/mol. The van der Waals surface area contributed by atoms with Crippen molar-refractivity contribution in [1.29, 1.82) is 0 Å². The van der Waals surface area contributed by atoms with Crippen molar-refractivity contribution in [3.63, 3.8) is 0 Å². The molecule has 0 fully saturated rings. The number of carbonyl (C=O) groups excluding carboxylic acids is 2. The minimum absolute atomic E-state index is 0.00210. The molecule has 2 aromatic carbocycles. The summed E-state index contributed by atoms with van der Waals surface area (Å²) in [6.45, 7) is 11.0. The lowest BCUT2D eigenvalue weighted by Gasteiger charge is -2.19. The summed E-state index contributed by atoms with van der Waals surface area (Å²) in [5.41, 5.74) is 2.21. The third-order valence-electron chi connectivity index (χ3n) is 4.40. The fourth-order valence-electron chi connectivity index (χ4n) is 2.94. The summed E-state index contributed by atoms with van der Waals surface area (Å²) in [6.07, 6.45) is 0.826. The molecule has 7 heteroatoms. The van der Waals surface area contributed by atoms with Gasteiger partial charge in [-0.2, -0.15) is 0 Å². The van der Waals surface area contributed by atoms with Gasteiger partial charge in [0.1, 0.15) is 5.75 Å². The number of aliphatic hydroxyl groups excluding tert-OH is 1. The van der Waals surface area contributed by atoms with Crippen molar-refractivity contribution in [2.45, 2.75) is 38.8 Å². The molecule has 1 amide bonds. The topological polar surface area (TPSA) is 80.0 Å². The quantitative estimate of drug-likeness (QED) is 0.306. The Labute approximate surface area is 185 Å². The van der Waals surface area contributed by atoms with Gasteiger partial charge in [0.15, 0.2) is 5.78 Å². The Morgan fingerprint density at radius 1 is 1.17 bits per heavy atom. The van der Waals surface area contributed by atoms with Crippen LogP contribution in [0.4, 0.5) is 5.69 Å². The van der Waals surface area contributed by atoms with Crippen molar-refractivity contribution in [2.24, 2.45) is 0 Å². The third-order valence-corrected chi connectivity index (χ3v) is 4.91. The summed E-state index contributed by atoms with van der Waals surface area (Å²) in [5, 5.41) is 12.6. The molecular weight excluding hydrogens is 448 g/mol. The van der Waals surface area contributed by atoms with Gasteiger partial charge >= 0.3 is 0 Å². The molecule has 0 unspecified atom stereocenters. The van der Waals surface area contributed by atoms with E-state index in [1.807, 2.05) is 26.0 Å². The number of benzene rings is 2. The molecule has 2 N–H and O–H groups in total. The van der Waals surface area contributed by atoms with E-state index < -0.39 is 0 Å². The summed E-state index contributed by atoms with van der Waals surface area (Å²) in [7, 11) is 0. The maximum Gasteiger partial charge on any atom is 0.250 e. The monoisotopic (exact) mass is 472 g/mol. The van der Waals surface area contributed by atoms with Gasteiger partial charge in [-0.3, -0.25) is 9.59 Å². The Kier molecular flexibility index (Phi) is 9.03. The molecule has 0 aliphatic carbocycles. The van der Waals surface area contributed by atoms with Crippen LogP contribution in [0.2, 0.25) is 0 Å². The van der Waals surface area contributed by atoms with Crippen LogP contribution in [-0.2, 0) is 6.42 Å². The molecule has 0 radical (unpaired) electrons. The van der Waals surface area contributed by atoms with Crippen LogP contribution in [0.5, 0.6) is 5.75 Å². The van der Waals surface area contributed by atoms with E-state index in [2.05, 4.69) is 26.1 Å². The van der Waals surface area contributed by atoms with Gasteiger partial charge in [0.05, 0.1) is 18.0 Å². The molecule has 2 aromatic rings. The van der Waals surface area contributed by atoms with E-state index in [4.69, 9.17) is 11.3 Å². The standard InChI is InChI=1S/C23H25BrN2O4/c1-15(2)30-22-9-8-18(13-20(22)25-3)23(29)26-19(10-11-27)12-16-4-6-17(7-5-16)21(28)14-24/h4-9,13,15,19,27H,10-12,14H2,1-2H3,(H,26,29)/t19-/m1/s1. The molecule has 158 valence electrons. The molecule has 0 bridgehead atoms. The molecule has 0 saturated carbocycles. The Balaban J connectivity index is 2.11. The van der Waals surface area contributed by atoms with E-state index in [-0.39, 0.29) is 41.5 Å². The highest BCUT2D eigenvalue weighted by atomic mass is 79.9. The number of aliphatic hydroxyl groups is 1. The van der Waals surface area contributed by atoms with Crippen molar-refractivity contribution in [1.82, 2.24) is 5.32 Å². The van der Waals surface area contributed by atoms with Gasteiger partial charge in [0.25, 0.3) is 0 Å². The number of rotatable bonds is 10. The van der Waals surface area contributed by atoms with Gasteiger partial charge in [-0.15, -0.1) is 0 Å². The zero-order valence-electron chi connectivity index (χ0n) is 17.0. The first-order valence-electron chi connectivity index (χ1n) is 9.66. The van der Waals surface area contributed by atoms with Gasteiger partial charge in [0, 0.05) is 23.8 Å². The van der Waals surface area contributed by atoms with Crippen molar-refractivity contribution < 1.29 is 19.4 Å². The maximum atomic E-state index is 12.7. The molecule has 6 nitrogen and oxygen atoms in total. The second-order valence-electron chi connectivity index (χ2n) is 7.10. The second kappa shape index (κ2) is 11.5. The van der Waals surface area contributed by atoms with E-state index in [0.29, 0.717) is 29.7 Å². The summed E-state index contributed by atoms with van der Waals surface area (Å²) in [4.78, 5) is 27.9. The van der Waals surface area contributed by atoms with Crippen LogP contribution in [0, 0.1) is 6.57 Å². The van der Waals surface area contributed by atoms with Crippen LogP contribution in [0.1, 0.15) is 46.5 Å². The van der Waals surface area contributed by atoms with Gasteiger partial charge in [0.2, 0.25) is 11.6 Å². The van der Waals surface area contributed by atoms with Crippen molar-refractivity contribution in [2.75, 3.05) is 11.9 Å². The fourth-order valence-corrected chi connectivity index (χ4v) is 3.26. The summed E-state index contributed by atoms with van der Waals surface area (Å²) in [5.74, 6) is 0.129. The largest absolute Gasteiger partial charge is 0.502 e. The number of amides is 1. The van der Waals surface area contributed by atoms with Crippen molar-refractivity contribution in [3.05, 3.63) is 70.6 Å². The van der Waals surface area contributed by atoms with E-state index in [1.165, 1.54) is 6.07 Å². The predicted molar refractivity (Wildman–Crippen MR) is 120 cm³/mol. The van der Waals surface area contributed by atoms with Gasteiger partial charge in [-0.1, -0.05) is 40.2 Å². The van der Waals surface area contributed by atoms with E-state index in [9.17, 15) is 14.7 Å². The third kappa shape index (κ3) is 6.68. The molecule has 0 heterocycles. The van der Waals surface area contributed by atoms with Crippen LogP contribution in [0.25, 0.3) is 4.85 Å². The first-order valence-corrected chi connectivity index (χ1v) is 10.8. The highest BCUT2D eigenvalue weighted by Gasteiger charge is 2.17. The normalized spacial score (nSPS) is 11.6. The van der Waals surface area contributed by atoms with Gasteiger partial charge in [-0.05, 0) is 50.5 Å². The average Bonchev–Trinajstić information content (AvgIpc) is 2.73. The minimum atomic E-state index is -0.319. The van der Waals surface area contributed by atoms with Crippen molar-refractivity contribution >= 4 is 33.3 Å². The lowest BCUT2D eigenvalue weighted by molar-refractivity contribution is 0.0929. The Morgan fingerprint density at radius 2 is 1.83 bits per heavy atom. The first-order chi connectivity index (χ1) is 14.4. The van der Waals surface area contributed by atoms with E-state index >= 15 is 0 Å². The Morgan fingerprint density at radius 3 is 2.40 bits per heavy atom. The summed E-state index contributed by atoms with van der Waals surface area (Å²) in [6, 6.07) is 11.7. The molecule has 30 heavy (non-hydrogen) atoms. The van der Waals surface area contributed by atoms with Crippen LogP contribution in [0.3, 0.4) is 0 Å². The molecular formula is C23H25BrN2O4. The molecule has 0 aliphatic heterocycles. The van der Waals surface area contributed by atoms with E-state index in [1.54, 1.807) is 24.3 Å². The molecule has 0 saturated heterocycles. The Bertz CT molecular complexity index is 920. The zero-order chi connectivity index (χ0) is 22.1. The van der Waals surface area contributed by atoms with Crippen LogP contribution < -0.4 is 10.1 Å². The SMILES string of the molecule is [C-]#[N+]c1cc(C(=O)N[C@H](CCO)Cc2ccc(C(=O)CBr)cc2)ccc1OC(C)C. The maximum absolute atomic E-state index is 12.7. The zero-order valence-corrected chi connectivity index (χ0v) is 18.6. The molecule has 0 aromatic heterocycles. The molecule has 2 rings (SSSR count). The minimum Gasteiger partial charge on any atom is -0.502 e. The number of hydrogen-bond donors (Lipinski definition) is 2. The van der Waals surface area contributed by atoms with E-state index in [0.717, 1.165) is 5.56 Å². The Hall–Kier alpha value is -2.69. The number of ketones is 1. The lowest BCUT2D eigenvalue weighted by Crippen LogP contribution is -2.37. The smallest absolute Gasteiger partial charge is 0.250 e. The second-order valence-corrected chi connectivity index (χ2v) is 7.66.